The van der Waals surface area contributed by atoms with E-state index in [0.717, 1.165) is 10.9 Å². The number of hydrazine groups is 1. The molecular formula is C11H12BrN3. The first-order chi connectivity index (χ1) is 7.29. The van der Waals surface area contributed by atoms with Crippen LogP contribution in [0.3, 0.4) is 0 Å². The Morgan fingerprint density at radius 1 is 1.33 bits per heavy atom. The smallest absolute Gasteiger partial charge is 0.0638 e. The maximum absolute atomic E-state index is 8.60. The van der Waals surface area contributed by atoms with Crippen LogP contribution in [0.15, 0.2) is 28.7 Å². The zero-order valence-corrected chi connectivity index (χ0v) is 9.79. The van der Waals surface area contributed by atoms with E-state index in [1.54, 1.807) is 0 Å². The molecule has 1 saturated heterocycles. The van der Waals surface area contributed by atoms with Crippen LogP contribution in [0.25, 0.3) is 0 Å². The van der Waals surface area contributed by atoms with Crippen molar-refractivity contribution in [2.75, 3.05) is 0 Å². The Labute approximate surface area is 97.6 Å². The number of nitrogens with one attached hydrogen (secondary N) is 2. The molecule has 2 rings (SSSR count). The van der Waals surface area contributed by atoms with Crippen LogP contribution in [0.4, 0.5) is 0 Å². The fourth-order valence-corrected chi connectivity index (χ4v) is 2.04. The molecule has 1 heterocycles. The molecule has 0 radical (unpaired) electrons. The third kappa shape index (κ3) is 2.57. The van der Waals surface area contributed by atoms with E-state index in [9.17, 15) is 0 Å². The van der Waals surface area contributed by atoms with Gasteiger partial charge in [0.2, 0.25) is 0 Å². The Balaban J connectivity index is 2.02. The molecule has 2 N–H and O–H groups in total. The second kappa shape index (κ2) is 4.75. The van der Waals surface area contributed by atoms with Crippen LogP contribution in [0.2, 0.25) is 0 Å². The molecule has 0 amide bonds. The van der Waals surface area contributed by atoms with Gasteiger partial charge in [0.1, 0.15) is 0 Å². The van der Waals surface area contributed by atoms with Crippen molar-refractivity contribution in [3.05, 3.63) is 34.3 Å². The largest absolute Gasteiger partial charge is 0.253 e. The maximum atomic E-state index is 8.60. The Morgan fingerprint density at radius 3 is 2.73 bits per heavy atom. The van der Waals surface area contributed by atoms with Gasteiger partial charge in [-0.3, -0.25) is 5.43 Å². The molecule has 2 atom stereocenters. The summed E-state index contributed by atoms with van der Waals surface area (Å²) in [6, 6.07) is 11.0. The second-order valence-corrected chi connectivity index (χ2v) is 4.60. The van der Waals surface area contributed by atoms with Gasteiger partial charge < -0.3 is 0 Å². The first-order valence-corrected chi connectivity index (χ1v) is 5.72. The molecule has 15 heavy (non-hydrogen) atoms. The number of benzene rings is 1. The SMILES string of the molecule is N#CCC1CC(c2ccc(Br)cc2)NN1. The van der Waals surface area contributed by atoms with Crippen LogP contribution >= 0.6 is 15.9 Å². The highest BCUT2D eigenvalue weighted by atomic mass is 79.9. The molecule has 1 aromatic rings. The van der Waals surface area contributed by atoms with E-state index in [4.69, 9.17) is 5.26 Å². The van der Waals surface area contributed by atoms with E-state index in [-0.39, 0.29) is 6.04 Å². The van der Waals surface area contributed by atoms with Crippen molar-refractivity contribution in [3.63, 3.8) is 0 Å². The van der Waals surface area contributed by atoms with Crippen LogP contribution in [0, 0.1) is 11.3 Å². The van der Waals surface area contributed by atoms with Crippen molar-refractivity contribution in [1.29, 1.82) is 5.26 Å². The monoisotopic (exact) mass is 265 g/mol. The number of nitrogens with zero attached hydrogens (tertiary/aromatic N) is 1. The molecule has 0 bridgehead atoms. The van der Waals surface area contributed by atoms with Crippen molar-refractivity contribution in [2.24, 2.45) is 0 Å². The quantitative estimate of drug-likeness (QED) is 0.863. The summed E-state index contributed by atoms with van der Waals surface area (Å²) in [5, 5.41) is 8.60. The molecule has 0 spiro atoms. The Kier molecular flexibility index (Phi) is 3.37. The minimum atomic E-state index is 0.267. The minimum absolute atomic E-state index is 0.267. The summed E-state index contributed by atoms with van der Waals surface area (Å²) in [6.07, 6.45) is 1.52. The van der Waals surface area contributed by atoms with Gasteiger partial charge in [0, 0.05) is 16.6 Å². The fraction of sp³-hybridized carbons (Fsp3) is 0.364. The number of rotatable bonds is 2. The Bertz CT molecular complexity index is 368. The molecule has 1 aromatic carbocycles. The van der Waals surface area contributed by atoms with Crippen LogP contribution < -0.4 is 10.9 Å². The normalized spacial score (nSPS) is 25.1. The molecule has 0 aliphatic carbocycles. The first-order valence-electron chi connectivity index (χ1n) is 4.93. The summed E-state index contributed by atoms with van der Waals surface area (Å²) >= 11 is 3.41. The van der Waals surface area contributed by atoms with Crippen LogP contribution in [0.5, 0.6) is 0 Å². The topological polar surface area (TPSA) is 47.9 Å². The fourth-order valence-electron chi connectivity index (χ4n) is 1.78. The molecule has 3 nitrogen and oxygen atoms in total. The zero-order valence-electron chi connectivity index (χ0n) is 8.20. The van der Waals surface area contributed by atoms with Crippen molar-refractivity contribution >= 4 is 15.9 Å². The van der Waals surface area contributed by atoms with E-state index in [1.165, 1.54) is 5.56 Å². The minimum Gasteiger partial charge on any atom is -0.253 e. The average molecular weight is 266 g/mol. The standard InChI is InChI=1S/C11H12BrN3/c12-9-3-1-8(2-4-9)11-7-10(5-6-13)14-15-11/h1-4,10-11,14-15H,5,7H2. The first kappa shape index (κ1) is 10.6. The maximum Gasteiger partial charge on any atom is 0.0638 e. The van der Waals surface area contributed by atoms with E-state index in [2.05, 4.69) is 45.0 Å². The van der Waals surface area contributed by atoms with Gasteiger partial charge in [-0.1, -0.05) is 28.1 Å². The van der Waals surface area contributed by atoms with Crippen molar-refractivity contribution in [2.45, 2.75) is 24.9 Å². The van der Waals surface area contributed by atoms with Crippen molar-refractivity contribution in [1.82, 2.24) is 10.9 Å². The van der Waals surface area contributed by atoms with Crippen LogP contribution in [0.1, 0.15) is 24.4 Å². The summed E-state index contributed by atoms with van der Waals surface area (Å²) in [5.74, 6) is 0. The van der Waals surface area contributed by atoms with Gasteiger partial charge >= 0.3 is 0 Å². The highest BCUT2D eigenvalue weighted by Crippen LogP contribution is 2.24. The summed E-state index contributed by atoms with van der Waals surface area (Å²) in [4.78, 5) is 0. The number of hydrogen-bond donors (Lipinski definition) is 2. The van der Waals surface area contributed by atoms with Crippen LogP contribution in [-0.4, -0.2) is 6.04 Å². The molecule has 1 aliphatic rings. The van der Waals surface area contributed by atoms with Gasteiger partial charge in [0.25, 0.3) is 0 Å². The second-order valence-electron chi connectivity index (χ2n) is 3.69. The lowest BCUT2D eigenvalue weighted by Gasteiger charge is -2.09. The van der Waals surface area contributed by atoms with Gasteiger partial charge in [0.05, 0.1) is 12.5 Å². The third-order valence-corrected chi connectivity index (χ3v) is 3.12. The molecule has 2 unspecified atom stereocenters. The van der Waals surface area contributed by atoms with Gasteiger partial charge in [-0.2, -0.15) is 5.26 Å². The summed E-state index contributed by atoms with van der Waals surface area (Å²) in [7, 11) is 0. The van der Waals surface area contributed by atoms with Crippen molar-refractivity contribution in [3.8, 4) is 6.07 Å². The van der Waals surface area contributed by atoms with Gasteiger partial charge in [-0.15, -0.1) is 0 Å². The molecular weight excluding hydrogens is 254 g/mol. The molecule has 78 valence electrons. The molecule has 4 heteroatoms. The lowest BCUT2D eigenvalue weighted by molar-refractivity contribution is 0.547. The Hall–Kier alpha value is -0.890. The highest BCUT2D eigenvalue weighted by molar-refractivity contribution is 9.10. The lowest BCUT2D eigenvalue weighted by Crippen LogP contribution is -2.30. The summed E-state index contributed by atoms with van der Waals surface area (Å²) < 4.78 is 1.09. The number of halogens is 1. The average Bonchev–Trinajstić information content (AvgIpc) is 2.68. The third-order valence-electron chi connectivity index (χ3n) is 2.59. The van der Waals surface area contributed by atoms with Crippen molar-refractivity contribution < 1.29 is 0 Å². The van der Waals surface area contributed by atoms with E-state index < -0.39 is 0 Å². The zero-order chi connectivity index (χ0) is 10.7. The molecule has 1 aliphatic heterocycles. The number of hydrogen-bond acceptors (Lipinski definition) is 3. The van der Waals surface area contributed by atoms with E-state index in [1.807, 2.05) is 12.1 Å². The van der Waals surface area contributed by atoms with Crippen LogP contribution in [-0.2, 0) is 0 Å². The predicted molar refractivity (Wildman–Crippen MR) is 61.8 cm³/mol. The lowest BCUT2D eigenvalue weighted by atomic mass is 10.0. The number of nitriles is 1. The molecule has 0 aromatic heterocycles. The highest BCUT2D eigenvalue weighted by Gasteiger charge is 2.24. The van der Waals surface area contributed by atoms with Gasteiger partial charge in [0.15, 0.2) is 0 Å². The van der Waals surface area contributed by atoms with Gasteiger partial charge in [-0.05, 0) is 24.1 Å². The summed E-state index contributed by atoms with van der Waals surface area (Å²) in [6.45, 7) is 0. The summed E-state index contributed by atoms with van der Waals surface area (Å²) in [5.41, 5.74) is 7.60. The predicted octanol–water partition coefficient (Wildman–Crippen LogP) is 2.27. The van der Waals surface area contributed by atoms with E-state index in [0.29, 0.717) is 12.5 Å². The Morgan fingerprint density at radius 2 is 2.07 bits per heavy atom. The van der Waals surface area contributed by atoms with E-state index >= 15 is 0 Å². The molecule has 0 saturated carbocycles. The molecule has 1 fully saturated rings. The van der Waals surface area contributed by atoms with Gasteiger partial charge in [-0.25, -0.2) is 5.43 Å².